The van der Waals surface area contributed by atoms with Gasteiger partial charge in [0.1, 0.15) is 0 Å². The summed E-state index contributed by atoms with van der Waals surface area (Å²) in [6.45, 7) is 4.12. The number of halogens is 6. The molecule has 1 aliphatic rings. The smallest absolute Gasteiger partial charge is 0.358 e. The standard InChI is InChI=1S/C19H25F6N3S/c1-11(2)28(3)16-7-5-4-6-15(16)27-17(29)26-14-9-12(18(20,21)22)8-13(10-14)19(23,24)25/h8-11,15-16H,4-7H2,1-3H3,(H2,26,27,29)/t15-,16-/m1/s1. The average Bonchev–Trinajstić information content (AvgIpc) is 2.59. The zero-order valence-electron chi connectivity index (χ0n) is 16.4. The number of nitrogens with one attached hydrogen (secondary N) is 2. The number of nitrogens with zero attached hydrogens (tertiary/aromatic N) is 1. The van der Waals surface area contributed by atoms with Crippen molar-refractivity contribution in [3.63, 3.8) is 0 Å². The number of hydrogen-bond acceptors (Lipinski definition) is 2. The fraction of sp³-hybridized carbons (Fsp3) is 0.632. The van der Waals surface area contributed by atoms with Gasteiger partial charge < -0.3 is 10.6 Å². The van der Waals surface area contributed by atoms with Gasteiger partial charge in [-0.2, -0.15) is 26.3 Å². The maximum absolute atomic E-state index is 13.0. The van der Waals surface area contributed by atoms with E-state index in [1.165, 1.54) is 0 Å². The van der Waals surface area contributed by atoms with E-state index in [1.54, 1.807) is 0 Å². The normalized spacial score (nSPS) is 20.8. The van der Waals surface area contributed by atoms with E-state index in [9.17, 15) is 26.3 Å². The quantitative estimate of drug-likeness (QED) is 0.466. The lowest BCUT2D eigenvalue weighted by Crippen LogP contribution is -2.54. The molecule has 10 heteroatoms. The van der Waals surface area contributed by atoms with Crippen molar-refractivity contribution >= 4 is 23.0 Å². The molecule has 0 spiro atoms. The average molecular weight is 441 g/mol. The highest BCUT2D eigenvalue weighted by molar-refractivity contribution is 7.80. The van der Waals surface area contributed by atoms with Crippen LogP contribution in [0.5, 0.6) is 0 Å². The molecule has 0 radical (unpaired) electrons. The lowest BCUT2D eigenvalue weighted by Gasteiger charge is -2.40. The largest absolute Gasteiger partial charge is 0.416 e. The predicted molar refractivity (Wildman–Crippen MR) is 105 cm³/mol. The summed E-state index contributed by atoms with van der Waals surface area (Å²) in [6.07, 6.45) is -6.01. The fourth-order valence-electron chi connectivity index (χ4n) is 3.51. The van der Waals surface area contributed by atoms with Crippen molar-refractivity contribution in [2.75, 3.05) is 12.4 Å². The first kappa shape index (κ1) is 23.7. The topological polar surface area (TPSA) is 27.3 Å². The van der Waals surface area contributed by atoms with Crippen molar-refractivity contribution in [3.05, 3.63) is 29.3 Å². The Bertz CT molecular complexity index is 685. The summed E-state index contributed by atoms with van der Waals surface area (Å²) in [7, 11) is 1.99. The molecule has 1 fully saturated rings. The first-order valence-electron chi connectivity index (χ1n) is 9.38. The number of rotatable bonds is 4. The molecule has 0 unspecified atom stereocenters. The molecule has 2 rings (SSSR count). The van der Waals surface area contributed by atoms with Gasteiger partial charge in [-0.3, -0.25) is 4.90 Å². The van der Waals surface area contributed by atoms with Crippen molar-refractivity contribution in [1.82, 2.24) is 10.2 Å². The second-order valence-electron chi connectivity index (χ2n) is 7.61. The Balaban J connectivity index is 2.19. The fourth-order valence-corrected chi connectivity index (χ4v) is 3.78. The summed E-state index contributed by atoms with van der Waals surface area (Å²) in [5, 5.41) is 5.60. The monoisotopic (exact) mass is 441 g/mol. The second kappa shape index (κ2) is 9.07. The van der Waals surface area contributed by atoms with Gasteiger partial charge in [0.05, 0.1) is 11.1 Å². The first-order valence-corrected chi connectivity index (χ1v) is 9.79. The third-order valence-corrected chi connectivity index (χ3v) is 5.45. The van der Waals surface area contributed by atoms with Crippen LogP contribution < -0.4 is 10.6 Å². The Labute approximate surface area is 171 Å². The van der Waals surface area contributed by atoms with E-state index < -0.39 is 23.5 Å². The van der Waals surface area contributed by atoms with Gasteiger partial charge >= 0.3 is 12.4 Å². The van der Waals surface area contributed by atoms with Crippen LogP contribution in [0.4, 0.5) is 32.0 Å². The molecule has 2 N–H and O–H groups in total. The molecular formula is C19H25F6N3S. The molecule has 3 nitrogen and oxygen atoms in total. The van der Waals surface area contributed by atoms with Crippen LogP contribution in [-0.4, -0.2) is 35.2 Å². The van der Waals surface area contributed by atoms with Gasteiger partial charge in [0.15, 0.2) is 5.11 Å². The molecule has 29 heavy (non-hydrogen) atoms. The molecular weight excluding hydrogens is 416 g/mol. The molecule has 1 aliphatic carbocycles. The maximum atomic E-state index is 13.0. The zero-order valence-corrected chi connectivity index (χ0v) is 17.2. The predicted octanol–water partition coefficient (Wildman–Crippen LogP) is 5.66. The van der Waals surface area contributed by atoms with Crippen LogP contribution >= 0.6 is 12.2 Å². The lowest BCUT2D eigenvalue weighted by atomic mass is 9.89. The highest BCUT2D eigenvalue weighted by atomic mass is 32.1. The van der Waals surface area contributed by atoms with Gasteiger partial charge in [0.25, 0.3) is 0 Å². The summed E-state index contributed by atoms with van der Waals surface area (Å²) in [5.74, 6) is 0. The minimum absolute atomic E-state index is 0.00602. The number of likely N-dealkylation sites (N-methyl/N-ethyl adjacent to an activating group) is 1. The van der Waals surface area contributed by atoms with Crippen LogP contribution in [0, 0.1) is 0 Å². The summed E-state index contributed by atoms with van der Waals surface area (Å²) in [4.78, 5) is 2.20. The molecule has 0 saturated heterocycles. The van der Waals surface area contributed by atoms with Crippen LogP contribution in [0.3, 0.4) is 0 Å². The van der Waals surface area contributed by atoms with E-state index in [2.05, 4.69) is 29.4 Å². The molecule has 0 heterocycles. The highest BCUT2D eigenvalue weighted by Gasteiger charge is 2.37. The minimum Gasteiger partial charge on any atom is -0.358 e. The SMILES string of the molecule is CC(C)N(C)[C@@H]1CCCC[C@H]1NC(=S)Nc1cc(C(F)(F)F)cc(C(F)(F)F)c1. The van der Waals surface area contributed by atoms with Crippen molar-refractivity contribution in [2.45, 2.75) is 70.0 Å². The molecule has 164 valence electrons. The van der Waals surface area contributed by atoms with Gasteiger partial charge in [-0.25, -0.2) is 0 Å². The number of thiocarbonyl (C=S) groups is 1. The van der Waals surface area contributed by atoms with Crippen molar-refractivity contribution < 1.29 is 26.3 Å². The molecule has 0 bridgehead atoms. The van der Waals surface area contributed by atoms with Crippen LogP contribution in [-0.2, 0) is 12.4 Å². The Morgan fingerprint density at radius 2 is 1.52 bits per heavy atom. The van der Waals surface area contributed by atoms with Crippen LogP contribution in [0.1, 0.15) is 50.7 Å². The Kier molecular flexibility index (Phi) is 7.42. The number of benzene rings is 1. The van der Waals surface area contributed by atoms with Crippen LogP contribution in [0.2, 0.25) is 0 Å². The zero-order chi connectivity index (χ0) is 22.0. The van der Waals surface area contributed by atoms with Gasteiger partial charge in [-0.15, -0.1) is 0 Å². The van der Waals surface area contributed by atoms with Crippen molar-refractivity contribution in [3.8, 4) is 0 Å². The Morgan fingerprint density at radius 3 is 2.00 bits per heavy atom. The molecule has 2 atom stereocenters. The second-order valence-corrected chi connectivity index (χ2v) is 8.02. The van der Waals surface area contributed by atoms with E-state index in [0.717, 1.165) is 25.7 Å². The molecule has 1 aromatic rings. The molecule has 1 aromatic carbocycles. The maximum Gasteiger partial charge on any atom is 0.416 e. The van der Waals surface area contributed by atoms with E-state index in [4.69, 9.17) is 12.2 Å². The summed E-state index contributed by atoms with van der Waals surface area (Å²) in [5.41, 5.74) is -3.12. The highest BCUT2D eigenvalue weighted by Crippen LogP contribution is 2.37. The van der Waals surface area contributed by atoms with Crippen LogP contribution in [0.25, 0.3) is 0 Å². The van der Waals surface area contributed by atoms with Gasteiger partial charge in [0, 0.05) is 23.8 Å². The number of anilines is 1. The van der Waals surface area contributed by atoms with E-state index >= 15 is 0 Å². The Hall–Kier alpha value is -1.55. The van der Waals surface area contributed by atoms with Crippen molar-refractivity contribution in [2.24, 2.45) is 0 Å². The van der Waals surface area contributed by atoms with Crippen LogP contribution in [0.15, 0.2) is 18.2 Å². The minimum atomic E-state index is -4.90. The molecule has 0 aliphatic heterocycles. The van der Waals surface area contributed by atoms with Crippen molar-refractivity contribution in [1.29, 1.82) is 0 Å². The molecule has 0 aromatic heterocycles. The first-order chi connectivity index (χ1) is 13.3. The Morgan fingerprint density at radius 1 is 1.00 bits per heavy atom. The van der Waals surface area contributed by atoms with E-state index in [1.807, 2.05) is 7.05 Å². The summed E-state index contributed by atoms with van der Waals surface area (Å²) >= 11 is 5.19. The molecule has 0 amide bonds. The summed E-state index contributed by atoms with van der Waals surface area (Å²) in [6, 6.07) is 1.78. The lowest BCUT2D eigenvalue weighted by molar-refractivity contribution is -0.143. The number of hydrogen-bond donors (Lipinski definition) is 2. The van der Waals surface area contributed by atoms with Gasteiger partial charge in [-0.05, 0) is 64.2 Å². The van der Waals surface area contributed by atoms with Gasteiger partial charge in [0.2, 0.25) is 0 Å². The van der Waals surface area contributed by atoms with Gasteiger partial charge in [-0.1, -0.05) is 12.8 Å². The third kappa shape index (κ3) is 6.47. The summed E-state index contributed by atoms with van der Waals surface area (Å²) < 4.78 is 78.1. The third-order valence-electron chi connectivity index (χ3n) is 5.23. The molecule has 1 saturated carbocycles. The number of alkyl halides is 6. The van der Waals surface area contributed by atoms with E-state index in [-0.39, 0.29) is 28.9 Å². The van der Waals surface area contributed by atoms with E-state index in [0.29, 0.717) is 18.2 Å².